The zero-order valence-electron chi connectivity index (χ0n) is 14.2. The number of carbonyl (C=O) groups excluding carboxylic acids is 1. The van der Waals surface area contributed by atoms with Crippen molar-refractivity contribution in [3.8, 4) is 11.5 Å². The fourth-order valence-corrected chi connectivity index (χ4v) is 4.17. The Balaban J connectivity index is 1.37. The molecule has 0 saturated carbocycles. The molecular weight excluding hydrogens is 306 g/mol. The van der Waals surface area contributed by atoms with Gasteiger partial charge in [-0.2, -0.15) is 0 Å². The van der Waals surface area contributed by atoms with E-state index in [1.807, 2.05) is 18.2 Å². The predicted octanol–water partition coefficient (Wildman–Crippen LogP) is 2.04. The van der Waals surface area contributed by atoms with Crippen molar-refractivity contribution < 1.29 is 14.3 Å². The fourth-order valence-electron chi connectivity index (χ4n) is 4.17. The first-order chi connectivity index (χ1) is 11.7. The van der Waals surface area contributed by atoms with Gasteiger partial charge in [0.2, 0.25) is 6.79 Å². The third kappa shape index (κ3) is 3.02. The molecule has 0 bridgehead atoms. The molecule has 2 amide bonds. The third-order valence-corrected chi connectivity index (χ3v) is 5.41. The summed E-state index contributed by atoms with van der Waals surface area (Å²) >= 11 is 0. The van der Waals surface area contributed by atoms with Crippen molar-refractivity contribution in [3.63, 3.8) is 0 Å². The van der Waals surface area contributed by atoms with Crippen molar-refractivity contribution in [2.24, 2.45) is 5.92 Å². The highest BCUT2D eigenvalue weighted by molar-refractivity contribution is 5.74. The Bertz CT molecular complexity index is 622. The molecule has 0 spiro atoms. The zero-order valence-corrected chi connectivity index (χ0v) is 14.2. The van der Waals surface area contributed by atoms with Gasteiger partial charge in [-0.05, 0) is 56.5 Å². The van der Waals surface area contributed by atoms with Gasteiger partial charge in [0.1, 0.15) is 0 Å². The number of hydrogen-bond acceptors (Lipinski definition) is 4. The molecule has 0 radical (unpaired) electrons. The van der Waals surface area contributed by atoms with Crippen LogP contribution in [0.2, 0.25) is 0 Å². The van der Waals surface area contributed by atoms with Crippen molar-refractivity contribution in [2.75, 3.05) is 33.5 Å². The highest BCUT2D eigenvalue weighted by Crippen LogP contribution is 2.33. The van der Waals surface area contributed by atoms with E-state index in [1.54, 1.807) is 0 Å². The van der Waals surface area contributed by atoms with E-state index in [-0.39, 0.29) is 12.8 Å². The number of benzene rings is 1. The molecular formula is C18H25N3O3. The van der Waals surface area contributed by atoms with Gasteiger partial charge in [-0.3, -0.25) is 0 Å². The number of fused-ring (bicyclic) bond motifs is 2. The summed E-state index contributed by atoms with van der Waals surface area (Å²) in [5.74, 6) is 2.15. The van der Waals surface area contributed by atoms with Crippen LogP contribution >= 0.6 is 0 Å². The summed E-state index contributed by atoms with van der Waals surface area (Å²) in [6.45, 7) is 3.85. The maximum Gasteiger partial charge on any atom is 0.317 e. The third-order valence-electron chi connectivity index (χ3n) is 5.41. The minimum atomic E-state index is 0.0620. The molecule has 3 heterocycles. The molecule has 24 heavy (non-hydrogen) atoms. The standard InChI is InChI=1S/C18H25N3O3/c1-20-8-6-15-14(11-20)3-2-7-21(15)18(22)19-10-13-4-5-16-17(9-13)24-12-23-16/h4-5,9,14-15H,2-3,6-8,10-12H2,1H3,(H,19,22)/t14-,15+/m0/s1. The first kappa shape index (κ1) is 15.6. The molecule has 2 saturated heterocycles. The average Bonchev–Trinajstić information content (AvgIpc) is 3.06. The molecule has 2 fully saturated rings. The van der Waals surface area contributed by atoms with Crippen molar-refractivity contribution in [2.45, 2.75) is 31.8 Å². The maximum atomic E-state index is 12.7. The van der Waals surface area contributed by atoms with E-state index >= 15 is 0 Å². The largest absolute Gasteiger partial charge is 0.454 e. The van der Waals surface area contributed by atoms with Crippen LogP contribution in [0.15, 0.2) is 18.2 Å². The van der Waals surface area contributed by atoms with Crippen LogP contribution in [-0.2, 0) is 6.54 Å². The molecule has 3 aliphatic heterocycles. The van der Waals surface area contributed by atoms with Crippen LogP contribution in [0.1, 0.15) is 24.8 Å². The number of amides is 2. The normalized spacial score (nSPS) is 26.1. The lowest BCUT2D eigenvalue weighted by Crippen LogP contribution is -2.57. The summed E-state index contributed by atoms with van der Waals surface area (Å²) in [4.78, 5) is 17.1. The number of piperidine rings is 2. The lowest BCUT2D eigenvalue weighted by Gasteiger charge is -2.46. The summed E-state index contributed by atoms with van der Waals surface area (Å²) in [5, 5.41) is 3.08. The van der Waals surface area contributed by atoms with Gasteiger partial charge in [0.25, 0.3) is 0 Å². The van der Waals surface area contributed by atoms with Crippen LogP contribution in [-0.4, -0.2) is 55.3 Å². The Morgan fingerprint density at radius 3 is 3.04 bits per heavy atom. The topological polar surface area (TPSA) is 54.0 Å². The molecule has 0 aliphatic carbocycles. The van der Waals surface area contributed by atoms with Crippen LogP contribution < -0.4 is 14.8 Å². The average molecular weight is 331 g/mol. The van der Waals surface area contributed by atoms with E-state index in [1.165, 1.54) is 6.42 Å². The van der Waals surface area contributed by atoms with Gasteiger partial charge in [0.05, 0.1) is 0 Å². The number of rotatable bonds is 2. The van der Waals surface area contributed by atoms with Crippen LogP contribution in [0.4, 0.5) is 4.79 Å². The summed E-state index contributed by atoms with van der Waals surface area (Å²) in [6.07, 6.45) is 3.42. The predicted molar refractivity (Wildman–Crippen MR) is 90.1 cm³/mol. The SMILES string of the molecule is CN1CC[C@@H]2[C@@H](CCCN2C(=O)NCc2ccc3c(c2)OCO3)C1. The monoisotopic (exact) mass is 331 g/mol. The number of hydrogen-bond donors (Lipinski definition) is 1. The fraction of sp³-hybridized carbons (Fsp3) is 0.611. The van der Waals surface area contributed by atoms with Gasteiger partial charge >= 0.3 is 6.03 Å². The Labute approximate surface area is 142 Å². The van der Waals surface area contributed by atoms with Crippen molar-refractivity contribution in [3.05, 3.63) is 23.8 Å². The molecule has 3 aliphatic rings. The zero-order chi connectivity index (χ0) is 16.5. The van der Waals surface area contributed by atoms with Crippen LogP contribution in [0.3, 0.4) is 0 Å². The van der Waals surface area contributed by atoms with E-state index in [0.717, 1.165) is 49.5 Å². The van der Waals surface area contributed by atoms with Crippen LogP contribution in [0, 0.1) is 5.92 Å². The summed E-state index contributed by atoms with van der Waals surface area (Å²) in [5.41, 5.74) is 1.03. The van der Waals surface area contributed by atoms with E-state index in [0.29, 0.717) is 18.5 Å². The van der Waals surface area contributed by atoms with Crippen LogP contribution in [0.25, 0.3) is 0 Å². The molecule has 130 valence electrons. The van der Waals surface area contributed by atoms with Gasteiger partial charge in [-0.1, -0.05) is 6.07 Å². The van der Waals surface area contributed by atoms with Gasteiger partial charge < -0.3 is 24.6 Å². The quantitative estimate of drug-likeness (QED) is 0.901. The Kier molecular flexibility index (Phi) is 4.22. The molecule has 2 atom stereocenters. The summed E-state index contributed by atoms with van der Waals surface area (Å²) < 4.78 is 10.7. The minimum Gasteiger partial charge on any atom is -0.454 e. The Hall–Kier alpha value is -1.95. The summed E-state index contributed by atoms with van der Waals surface area (Å²) in [6, 6.07) is 6.27. The smallest absolute Gasteiger partial charge is 0.317 e. The number of nitrogens with one attached hydrogen (secondary N) is 1. The summed E-state index contributed by atoms with van der Waals surface area (Å²) in [7, 11) is 2.18. The van der Waals surface area contributed by atoms with Gasteiger partial charge in [0.15, 0.2) is 11.5 Å². The lowest BCUT2D eigenvalue weighted by molar-refractivity contribution is 0.0532. The number of ether oxygens (including phenoxy) is 2. The molecule has 6 nitrogen and oxygen atoms in total. The van der Waals surface area contributed by atoms with Gasteiger partial charge in [0, 0.05) is 25.7 Å². The number of urea groups is 1. The lowest BCUT2D eigenvalue weighted by atomic mass is 9.84. The Morgan fingerprint density at radius 2 is 2.12 bits per heavy atom. The number of likely N-dealkylation sites (tertiary alicyclic amines) is 2. The van der Waals surface area contributed by atoms with E-state index < -0.39 is 0 Å². The number of carbonyl (C=O) groups is 1. The molecule has 0 unspecified atom stereocenters. The second-order valence-electron chi connectivity index (χ2n) is 7.06. The minimum absolute atomic E-state index is 0.0620. The Morgan fingerprint density at radius 1 is 1.25 bits per heavy atom. The van der Waals surface area contributed by atoms with Gasteiger partial charge in [-0.15, -0.1) is 0 Å². The maximum absolute atomic E-state index is 12.7. The first-order valence-electron chi connectivity index (χ1n) is 8.82. The molecule has 1 aromatic rings. The second-order valence-corrected chi connectivity index (χ2v) is 7.06. The molecule has 1 aromatic carbocycles. The highest BCUT2D eigenvalue weighted by atomic mass is 16.7. The van der Waals surface area contributed by atoms with Crippen LogP contribution in [0.5, 0.6) is 11.5 Å². The van der Waals surface area contributed by atoms with E-state index in [9.17, 15) is 4.79 Å². The van der Waals surface area contributed by atoms with Crippen molar-refractivity contribution >= 4 is 6.03 Å². The van der Waals surface area contributed by atoms with Gasteiger partial charge in [-0.25, -0.2) is 4.79 Å². The molecule has 6 heteroatoms. The van der Waals surface area contributed by atoms with E-state index in [4.69, 9.17) is 9.47 Å². The van der Waals surface area contributed by atoms with Crippen molar-refractivity contribution in [1.82, 2.24) is 15.1 Å². The van der Waals surface area contributed by atoms with E-state index in [2.05, 4.69) is 22.2 Å². The molecule has 4 rings (SSSR count). The number of nitrogens with zero attached hydrogens (tertiary/aromatic N) is 2. The van der Waals surface area contributed by atoms with Crippen molar-refractivity contribution in [1.29, 1.82) is 0 Å². The first-order valence-corrected chi connectivity index (χ1v) is 8.82. The molecule has 0 aromatic heterocycles. The highest BCUT2D eigenvalue weighted by Gasteiger charge is 2.37. The molecule has 1 N–H and O–H groups in total. The second kappa shape index (κ2) is 6.51.